The van der Waals surface area contributed by atoms with Gasteiger partial charge in [0, 0.05) is 55.0 Å². The molecule has 0 N–H and O–H groups in total. The normalized spacial score (nSPS) is 15.7. The van der Waals surface area contributed by atoms with E-state index in [1.165, 1.54) is 0 Å². The zero-order valence-electron chi connectivity index (χ0n) is 17.3. The number of aryl methyl sites for hydroxylation is 1. The standard InChI is InChI=1S/C22H29N3O3/c1-6-27-20-11-19-9-16(4)28-21(19)10-18(20)7-8-22(26)25(15(2)3)14-17-12-23-24(5)13-17/h7-8,10-13,15-16H,6,9,14H2,1-5H3/b8-7+. The molecule has 0 spiro atoms. The van der Waals surface area contributed by atoms with Crippen LogP contribution in [0.4, 0.5) is 0 Å². The van der Waals surface area contributed by atoms with Crippen molar-refractivity contribution in [3.63, 3.8) is 0 Å². The summed E-state index contributed by atoms with van der Waals surface area (Å²) in [5, 5.41) is 4.18. The number of rotatable bonds is 7. The highest BCUT2D eigenvalue weighted by Crippen LogP contribution is 2.35. The average Bonchev–Trinajstić information content (AvgIpc) is 3.21. The first kappa shape index (κ1) is 20.0. The van der Waals surface area contributed by atoms with E-state index in [9.17, 15) is 4.79 Å². The SMILES string of the molecule is CCOc1cc2c(cc1/C=C/C(=O)N(Cc1cnn(C)c1)C(C)C)OC(C)C2. The average molecular weight is 383 g/mol. The van der Waals surface area contributed by atoms with Gasteiger partial charge in [-0.05, 0) is 45.9 Å². The largest absolute Gasteiger partial charge is 0.493 e. The van der Waals surface area contributed by atoms with Gasteiger partial charge in [0.05, 0.1) is 12.8 Å². The Morgan fingerprint density at radius 3 is 2.89 bits per heavy atom. The predicted octanol–water partition coefficient (Wildman–Crippen LogP) is 3.59. The number of hydrogen-bond acceptors (Lipinski definition) is 4. The Kier molecular flexibility index (Phi) is 6.07. The van der Waals surface area contributed by atoms with Gasteiger partial charge in [-0.15, -0.1) is 0 Å². The maximum absolute atomic E-state index is 12.9. The van der Waals surface area contributed by atoms with Crippen LogP contribution in [0, 0.1) is 0 Å². The van der Waals surface area contributed by atoms with Gasteiger partial charge in [0.15, 0.2) is 0 Å². The van der Waals surface area contributed by atoms with Crippen LogP contribution in [0.5, 0.6) is 11.5 Å². The smallest absolute Gasteiger partial charge is 0.247 e. The minimum absolute atomic E-state index is 0.0453. The molecule has 1 aromatic heterocycles. The lowest BCUT2D eigenvalue weighted by Crippen LogP contribution is -2.35. The number of carbonyl (C=O) groups excluding carboxylic acids is 1. The summed E-state index contributed by atoms with van der Waals surface area (Å²) in [4.78, 5) is 14.7. The Hall–Kier alpha value is -2.76. The lowest BCUT2D eigenvalue weighted by molar-refractivity contribution is -0.128. The highest BCUT2D eigenvalue weighted by molar-refractivity contribution is 5.92. The first-order valence-electron chi connectivity index (χ1n) is 9.80. The summed E-state index contributed by atoms with van der Waals surface area (Å²) >= 11 is 0. The number of carbonyl (C=O) groups is 1. The Labute approximate surface area is 166 Å². The third kappa shape index (κ3) is 4.55. The Balaban J connectivity index is 1.81. The summed E-state index contributed by atoms with van der Waals surface area (Å²) < 4.78 is 13.4. The lowest BCUT2D eigenvalue weighted by atomic mass is 10.1. The highest BCUT2D eigenvalue weighted by atomic mass is 16.5. The summed E-state index contributed by atoms with van der Waals surface area (Å²) in [5.74, 6) is 1.61. The zero-order chi connectivity index (χ0) is 20.3. The third-order valence-electron chi connectivity index (χ3n) is 4.75. The molecule has 2 aromatic rings. The van der Waals surface area contributed by atoms with E-state index in [0.29, 0.717) is 13.2 Å². The Bertz CT molecular complexity index is 870. The molecule has 0 saturated heterocycles. The van der Waals surface area contributed by atoms with E-state index < -0.39 is 0 Å². The fourth-order valence-electron chi connectivity index (χ4n) is 3.39. The molecule has 0 bridgehead atoms. The minimum atomic E-state index is -0.0453. The van der Waals surface area contributed by atoms with Crippen LogP contribution in [-0.4, -0.2) is 39.3 Å². The van der Waals surface area contributed by atoms with Gasteiger partial charge >= 0.3 is 0 Å². The zero-order valence-corrected chi connectivity index (χ0v) is 17.3. The number of benzene rings is 1. The van der Waals surface area contributed by atoms with Gasteiger partial charge < -0.3 is 14.4 Å². The molecule has 0 fully saturated rings. The molecule has 28 heavy (non-hydrogen) atoms. The second-order valence-corrected chi connectivity index (χ2v) is 7.48. The predicted molar refractivity (Wildman–Crippen MR) is 109 cm³/mol. The summed E-state index contributed by atoms with van der Waals surface area (Å²) in [5.41, 5.74) is 3.01. The summed E-state index contributed by atoms with van der Waals surface area (Å²) in [6.07, 6.45) is 8.19. The topological polar surface area (TPSA) is 56.6 Å². The Morgan fingerprint density at radius 1 is 1.46 bits per heavy atom. The van der Waals surface area contributed by atoms with E-state index >= 15 is 0 Å². The minimum Gasteiger partial charge on any atom is -0.493 e. The molecule has 0 saturated carbocycles. The van der Waals surface area contributed by atoms with Crippen LogP contribution in [0.25, 0.3) is 6.08 Å². The van der Waals surface area contributed by atoms with E-state index in [-0.39, 0.29) is 18.1 Å². The fourth-order valence-corrected chi connectivity index (χ4v) is 3.39. The summed E-state index contributed by atoms with van der Waals surface area (Å²) in [6, 6.07) is 4.07. The Morgan fingerprint density at radius 2 is 2.25 bits per heavy atom. The number of ether oxygens (including phenoxy) is 2. The number of nitrogens with zero attached hydrogens (tertiary/aromatic N) is 3. The van der Waals surface area contributed by atoms with Crippen LogP contribution in [0.1, 0.15) is 44.4 Å². The monoisotopic (exact) mass is 383 g/mol. The van der Waals surface area contributed by atoms with Crippen LogP contribution >= 0.6 is 0 Å². The van der Waals surface area contributed by atoms with E-state index in [0.717, 1.165) is 34.6 Å². The maximum Gasteiger partial charge on any atom is 0.247 e. The molecule has 150 valence electrons. The first-order valence-corrected chi connectivity index (χ1v) is 9.80. The number of fused-ring (bicyclic) bond motifs is 1. The maximum atomic E-state index is 12.9. The lowest BCUT2D eigenvalue weighted by Gasteiger charge is -2.25. The van der Waals surface area contributed by atoms with Gasteiger partial charge in [0.2, 0.25) is 5.91 Å². The van der Waals surface area contributed by atoms with E-state index in [2.05, 4.69) is 12.0 Å². The van der Waals surface area contributed by atoms with Crippen molar-refractivity contribution in [2.75, 3.05) is 6.61 Å². The van der Waals surface area contributed by atoms with Gasteiger partial charge in [-0.3, -0.25) is 9.48 Å². The van der Waals surface area contributed by atoms with Gasteiger partial charge in [-0.1, -0.05) is 0 Å². The molecule has 1 aromatic carbocycles. The van der Waals surface area contributed by atoms with Crippen molar-refractivity contribution in [3.8, 4) is 11.5 Å². The van der Waals surface area contributed by atoms with Gasteiger partial charge in [0.1, 0.15) is 17.6 Å². The highest BCUT2D eigenvalue weighted by Gasteiger charge is 2.22. The molecule has 1 atom stereocenters. The van der Waals surface area contributed by atoms with Crippen molar-refractivity contribution >= 4 is 12.0 Å². The van der Waals surface area contributed by atoms with Crippen molar-refractivity contribution in [2.45, 2.75) is 52.8 Å². The molecule has 6 heteroatoms. The van der Waals surface area contributed by atoms with Crippen LogP contribution < -0.4 is 9.47 Å². The fraction of sp³-hybridized carbons (Fsp3) is 0.455. The van der Waals surface area contributed by atoms with E-state index in [1.54, 1.807) is 17.0 Å². The summed E-state index contributed by atoms with van der Waals surface area (Å²) in [6.45, 7) is 9.13. The molecule has 6 nitrogen and oxygen atoms in total. The molecule has 1 amide bonds. The first-order chi connectivity index (χ1) is 13.4. The van der Waals surface area contributed by atoms with Crippen molar-refractivity contribution in [1.29, 1.82) is 0 Å². The second-order valence-electron chi connectivity index (χ2n) is 7.48. The van der Waals surface area contributed by atoms with Gasteiger partial charge in [-0.2, -0.15) is 5.10 Å². The number of aromatic nitrogens is 2. The molecule has 1 aliphatic heterocycles. The molecule has 1 unspecified atom stereocenters. The number of amides is 1. The van der Waals surface area contributed by atoms with Crippen molar-refractivity contribution in [1.82, 2.24) is 14.7 Å². The quantitative estimate of drug-likeness (QED) is 0.686. The molecule has 1 aliphatic rings. The van der Waals surface area contributed by atoms with Crippen molar-refractivity contribution < 1.29 is 14.3 Å². The number of hydrogen-bond donors (Lipinski definition) is 0. The van der Waals surface area contributed by atoms with Gasteiger partial charge in [0.25, 0.3) is 0 Å². The van der Waals surface area contributed by atoms with E-state index in [4.69, 9.17) is 9.47 Å². The molecule has 0 radical (unpaired) electrons. The third-order valence-corrected chi connectivity index (χ3v) is 4.75. The molecule has 2 heterocycles. The summed E-state index contributed by atoms with van der Waals surface area (Å²) in [7, 11) is 1.87. The molecular weight excluding hydrogens is 354 g/mol. The van der Waals surface area contributed by atoms with E-state index in [1.807, 2.05) is 57.1 Å². The second kappa shape index (κ2) is 8.50. The van der Waals surface area contributed by atoms with Gasteiger partial charge in [-0.25, -0.2) is 0 Å². The molecule has 3 rings (SSSR count). The van der Waals surface area contributed by atoms with Crippen LogP contribution in [-0.2, 0) is 24.8 Å². The van der Waals surface area contributed by atoms with Crippen molar-refractivity contribution in [2.24, 2.45) is 7.05 Å². The molecular formula is C22H29N3O3. The van der Waals surface area contributed by atoms with Crippen LogP contribution in [0.3, 0.4) is 0 Å². The van der Waals surface area contributed by atoms with Crippen molar-refractivity contribution in [3.05, 3.63) is 47.3 Å². The van der Waals surface area contributed by atoms with Crippen LogP contribution in [0.15, 0.2) is 30.6 Å². The molecule has 0 aliphatic carbocycles. The van der Waals surface area contributed by atoms with Crippen LogP contribution in [0.2, 0.25) is 0 Å².